The number of hydrogen-bond acceptors (Lipinski definition) is 6. The Labute approximate surface area is 249 Å². The predicted molar refractivity (Wildman–Crippen MR) is 164 cm³/mol. The topological polar surface area (TPSA) is 76.7 Å². The molecule has 42 heavy (non-hydrogen) atoms. The zero-order valence-electron chi connectivity index (χ0n) is 24.6. The number of benzene rings is 2. The van der Waals surface area contributed by atoms with Crippen molar-refractivity contribution in [1.82, 2.24) is 10.6 Å². The van der Waals surface area contributed by atoms with Gasteiger partial charge >= 0.3 is 11.9 Å². The Balaban J connectivity index is 1.23. The summed E-state index contributed by atoms with van der Waals surface area (Å²) in [6, 6.07) is 18.8. The third-order valence-corrected chi connectivity index (χ3v) is 9.78. The molecule has 2 unspecified atom stereocenters. The largest absolute Gasteiger partial charge is 0.454 e. The van der Waals surface area contributed by atoms with Crippen molar-refractivity contribution in [3.8, 4) is 0 Å². The van der Waals surface area contributed by atoms with Crippen LogP contribution in [0.25, 0.3) is 0 Å². The summed E-state index contributed by atoms with van der Waals surface area (Å²) < 4.78 is 12.8. The molecule has 2 aliphatic heterocycles. The number of piperidine rings is 2. The molecular formula is C36H44N2O4. The van der Waals surface area contributed by atoms with E-state index < -0.39 is 11.2 Å². The summed E-state index contributed by atoms with van der Waals surface area (Å²) in [5.41, 5.74) is 2.90. The third-order valence-electron chi connectivity index (χ3n) is 9.78. The highest BCUT2D eigenvalue weighted by Crippen LogP contribution is 2.41. The van der Waals surface area contributed by atoms with Crippen LogP contribution in [0.5, 0.6) is 0 Å². The minimum absolute atomic E-state index is 0.0566. The number of hydrogen-bond donors (Lipinski definition) is 2. The van der Waals surface area contributed by atoms with Crippen LogP contribution in [-0.2, 0) is 30.3 Å². The molecule has 0 amide bonds. The highest BCUT2D eigenvalue weighted by molar-refractivity contribution is 5.89. The van der Waals surface area contributed by atoms with Crippen molar-refractivity contribution in [2.45, 2.75) is 81.3 Å². The smallest absolute Gasteiger partial charge is 0.334 e. The zero-order valence-corrected chi connectivity index (χ0v) is 24.6. The Bertz CT molecular complexity index is 1300. The van der Waals surface area contributed by atoms with E-state index in [0.29, 0.717) is 0 Å². The van der Waals surface area contributed by atoms with Gasteiger partial charge in [-0.15, -0.1) is 0 Å². The van der Waals surface area contributed by atoms with Crippen LogP contribution in [0.1, 0.15) is 86.8 Å². The van der Waals surface area contributed by atoms with Crippen molar-refractivity contribution in [3.63, 3.8) is 0 Å². The SMILES string of the molecule is O=C(OC1(c2ccccc2)CCNCC1)C1=CC(c2cccc(C3(OC(=O)C4CC=CCC4)CCNCC3)c2)CCC1. The fraction of sp³-hybridized carbons (Fsp3) is 0.500. The summed E-state index contributed by atoms with van der Waals surface area (Å²) >= 11 is 0. The van der Waals surface area contributed by atoms with Crippen LogP contribution in [0.3, 0.4) is 0 Å². The van der Waals surface area contributed by atoms with Gasteiger partial charge in [-0.1, -0.05) is 72.8 Å². The van der Waals surface area contributed by atoms with Crippen LogP contribution in [0, 0.1) is 5.92 Å². The van der Waals surface area contributed by atoms with E-state index in [-0.39, 0.29) is 23.8 Å². The van der Waals surface area contributed by atoms with Gasteiger partial charge in [-0.2, -0.15) is 0 Å². The average Bonchev–Trinajstić information content (AvgIpc) is 3.06. The first-order valence-electron chi connectivity index (χ1n) is 16.0. The maximum Gasteiger partial charge on any atom is 0.334 e. The van der Waals surface area contributed by atoms with E-state index in [1.807, 2.05) is 18.2 Å². The van der Waals surface area contributed by atoms with Gasteiger partial charge in [0.25, 0.3) is 0 Å². The van der Waals surface area contributed by atoms with E-state index in [2.05, 4.69) is 65.3 Å². The molecule has 6 nitrogen and oxygen atoms in total. The Morgan fingerprint density at radius 2 is 1.45 bits per heavy atom. The minimum atomic E-state index is -0.614. The highest BCUT2D eigenvalue weighted by atomic mass is 16.6. The van der Waals surface area contributed by atoms with Gasteiger partial charge in [0.1, 0.15) is 11.2 Å². The lowest BCUT2D eigenvalue weighted by atomic mass is 9.80. The fourth-order valence-corrected chi connectivity index (χ4v) is 7.24. The van der Waals surface area contributed by atoms with Gasteiger partial charge in [0.05, 0.1) is 5.92 Å². The summed E-state index contributed by atoms with van der Waals surface area (Å²) in [6.45, 7) is 3.30. The average molecular weight is 569 g/mol. The second-order valence-electron chi connectivity index (χ2n) is 12.5. The van der Waals surface area contributed by atoms with E-state index in [9.17, 15) is 9.59 Å². The monoisotopic (exact) mass is 568 g/mol. The number of ether oxygens (including phenoxy) is 2. The Kier molecular flexibility index (Phi) is 8.92. The maximum absolute atomic E-state index is 13.7. The first-order valence-corrected chi connectivity index (χ1v) is 16.0. The molecule has 2 N–H and O–H groups in total. The number of rotatable bonds is 7. The van der Waals surface area contributed by atoms with E-state index >= 15 is 0 Å². The molecule has 2 saturated heterocycles. The fourth-order valence-electron chi connectivity index (χ4n) is 7.24. The van der Waals surface area contributed by atoms with Crippen molar-refractivity contribution >= 4 is 11.9 Å². The number of esters is 2. The summed E-state index contributed by atoms with van der Waals surface area (Å²) in [5, 5.41) is 6.85. The number of nitrogens with one attached hydrogen (secondary N) is 2. The molecule has 0 bridgehead atoms. The zero-order chi connectivity index (χ0) is 28.8. The molecule has 0 aromatic heterocycles. The van der Waals surface area contributed by atoms with Crippen LogP contribution >= 0.6 is 0 Å². The van der Waals surface area contributed by atoms with Crippen molar-refractivity contribution in [3.05, 3.63) is 95.1 Å². The van der Waals surface area contributed by atoms with Crippen LogP contribution in [0.15, 0.2) is 78.4 Å². The van der Waals surface area contributed by atoms with Gasteiger partial charge < -0.3 is 20.1 Å². The van der Waals surface area contributed by atoms with E-state index in [4.69, 9.17) is 9.47 Å². The lowest BCUT2D eigenvalue weighted by molar-refractivity contribution is -0.170. The third kappa shape index (κ3) is 6.25. The minimum Gasteiger partial charge on any atom is -0.454 e. The second kappa shape index (κ2) is 13.0. The van der Waals surface area contributed by atoms with E-state index in [1.54, 1.807) is 0 Å². The first-order chi connectivity index (χ1) is 20.6. The van der Waals surface area contributed by atoms with Crippen molar-refractivity contribution in [2.75, 3.05) is 26.2 Å². The van der Waals surface area contributed by atoms with E-state index in [1.165, 1.54) is 5.56 Å². The van der Waals surface area contributed by atoms with Gasteiger partial charge in [0.2, 0.25) is 0 Å². The molecule has 6 heteroatoms. The normalized spacial score (nSPS) is 25.2. The van der Waals surface area contributed by atoms with Crippen LogP contribution in [-0.4, -0.2) is 38.1 Å². The number of allylic oxidation sites excluding steroid dienone is 3. The van der Waals surface area contributed by atoms with Crippen molar-refractivity contribution in [1.29, 1.82) is 0 Å². The molecule has 0 spiro atoms. The molecule has 2 aromatic rings. The van der Waals surface area contributed by atoms with Crippen LogP contribution in [0.2, 0.25) is 0 Å². The maximum atomic E-state index is 13.7. The van der Waals surface area contributed by atoms with Crippen molar-refractivity contribution in [2.24, 2.45) is 5.92 Å². The highest BCUT2D eigenvalue weighted by Gasteiger charge is 2.41. The predicted octanol–water partition coefficient (Wildman–Crippen LogP) is 6.18. The molecule has 2 atom stereocenters. The van der Waals surface area contributed by atoms with E-state index in [0.717, 1.165) is 107 Å². The Morgan fingerprint density at radius 3 is 2.14 bits per heavy atom. The summed E-state index contributed by atoms with van der Waals surface area (Å²) in [6.07, 6.45) is 14.7. The van der Waals surface area contributed by atoms with Gasteiger partial charge in [0, 0.05) is 37.2 Å². The lowest BCUT2D eigenvalue weighted by Gasteiger charge is -2.39. The molecule has 0 saturated carbocycles. The number of carbonyl (C=O) groups is 2. The standard InChI is InChI=1S/C36H44N2O4/c39-33(27-9-3-1-4-10-27)41-36(19-23-38-24-20-36)32-16-8-12-29(26-32)28-11-7-13-30(25-28)34(40)42-35(17-21-37-22-18-35)31-14-5-2-6-15-31/h1-3,5-6,8,12,14-16,25-28,37-38H,4,7,9-11,13,17-24H2. The summed E-state index contributed by atoms with van der Waals surface area (Å²) in [7, 11) is 0. The van der Waals surface area contributed by atoms with Gasteiger partial charge in [0.15, 0.2) is 0 Å². The van der Waals surface area contributed by atoms with Crippen LogP contribution < -0.4 is 10.6 Å². The van der Waals surface area contributed by atoms with Crippen molar-refractivity contribution < 1.29 is 19.1 Å². The summed E-state index contributed by atoms with van der Waals surface area (Å²) in [4.78, 5) is 27.0. The lowest BCUT2D eigenvalue weighted by Crippen LogP contribution is -2.44. The van der Waals surface area contributed by atoms with Crippen LogP contribution in [0.4, 0.5) is 0 Å². The molecule has 6 rings (SSSR count). The molecule has 0 radical (unpaired) electrons. The van der Waals surface area contributed by atoms with Gasteiger partial charge in [-0.3, -0.25) is 4.79 Å². The van der Waals surface area contributed by atoms with Gasteiger partial charge in [-0.05, 0) is 81.4 Å². The molecule has 2 heterocycles. The van der Waals surface area contributed by atoms with Gasteiger partial charge in [-0.25, -0.2) is 4.79 Å². The first kappa shape index (κ1) is 28.9. The number of carbonyl (C=O) groups excluding carboxylic acids is 2. The quantitative estimate of drug-likeness (QED) is 0.307. The molecule has 2 aromatic carbocycles. The molecular weight excluding hydrogens is 524 g/mol. The molecule has 4 aliphatic rings. The second-order valence-corrected chi connectivity index (χ2v) is 12.5. The molecule has 2 aliphatic carbocycles. The molecule has 222 valence electrons. The Morgan fingerprint density at radius 1 is 0.762 bits per heavy atom. The summed E-state index contributed by atoms with van der Waals surface area (Å²) in [5.74, 6) is -0.190. The molecule has 2 fully saturated rings. The Hall–Kier alpha value is -3.22.